The fourth-order valence-electron chi connectivity index (χ4n) is 6.35. The molecular weight excluding hydrogens is 822 g/mol. The van der Waals surface area contributed by atoms with Crippen molar-refractivity contribution in [3.8, 4) is 0 Å². The molecule has 0 spiro atoms. The zero-order chi connectivity index (χ0) is 45.7. The molecule has 2 heterocycles. The third-order valence-corrected chi connectivity index (χ3v) is 10.3. The molecule has 0 saturated carbocycles. The van der Waals surface area contributed by atoms with Gasteiger partial charge in [-0.05, 0) is 6.04 Å². The van der Waals surface area contributed by atoms with Crippen molar-refractivity contribution in [2.45, 2.75) is 154 Å². The van der Waals surface area contributed by atoms with E-state index in [0.29, 0.717) is 6.04 Å². The van der Waals surface area contributed by atoms with Gasteiger partial charge < -0.3 is 62.2 Å². The highest BCUT2D eigenvalue weighted by Crippen LogP contribution is 2.41. The predicted octanol–water partition coefficient (Wildman–Crippen LogP) is 0.399. The molecule has 0 bridgehead atoms. The fourth-order valence-corrected chi connectivity index (χ4v) is 7.08. The van der Waals surface area contributed by atoms with Crippen LogP contribution in [0.15, 0.2) is 0 Å². The van der Waals surface area contributed by atoms with Gasteiger partial charge in [0.25, 0.3) is 5.79 Å². The van der Waals surface area contributed by atoms with Crippen LogP contribution >= 0.6 is 0 Å². The van der Waals surface area contributed by atoms with Crippen molar-refractivity contribution in [2.24, 2.45) is 0 Å². The van der Waals surface area contributed by atoms with Crippen LogP contribution in [0.4, 0.5) is 0 Å². The SMILES string of the molecule is COC(=O)[C@@]1(O[C@H]2[C@@H](OC(C)=O)[C@@H](COC(C)=O)O[C@@H](OCC[Si](C)(C)C)[C@@H]2OC(C)=O)C[C@H](OC(C)=O)[C@@H](NC(C)=O)[C@H]([C@H](OC(C)=O)[C@@H](COC(C)=O)OC(C)=O)O1. The van der Waals surface area contributed by atoms with E-state index < -0.39 is 148 Å². The molecule has 0 aromatic carbocycles. The molecule has 22 nitrogen and oxygen atoms in total. The van der Waals surface area contributed by atoms with Gasteiger partial charge in [0, 0.05) is 70.1 Å². The van der Waals surface area contributed by atoms with Crippen LogP contribution in [-0.4, -0.2) is 156 Å². The second-order valence-corrected chi connectivity index (χ2v) is 20.8. The third kappa shape index (κ3) is 16.0. The Labute approximate surface area is 348 Å². The minimum absolute atomic E-state index is 0.0565. The van der Waals surface area contributed by atoms with Crippen molar-refractivity contribution in [1.29, 1.82) is 0 Å². The maximum atomic E-state index is 14.3. The molecule has 60 heavy (non-hydrogen) atoms. The molecule has 2 fully saturated rings. The van der Waals surface area contributed by atoms with Gasteiger partial charge in [-0.3, -0.25) is 38.4 Å². The quantitative estimate of drug-likeness (QED) is 0.104. The standard InChI is InChI=1S/C37H57NO21Si/c1-18(39)38-29-26(52-21(4)42)15-37(36(47)48-9,58-32(29)30(54-23(6)44)27(53-22(5)43)16-50-19(2)40)59-33-31(55-24(7)45)28(17-51-20(3)41)57-35(34(33)56-25(8)46)49-13-14-60(10,11)12/h26-35H,13-17H2,1-12H3,(H,38,39)/t26-,27+,28+,29+,30+,31-,32+,33-,34+,35+,37-/m0/s1. The number of esters is 8. The van der Waals surface area contributed by atoms with Crippen LogP contribution in [-0.2, 0) is 100.0 Å². The second kappa shape index (κ2) is 22.8. The van der Waals surface area contributed by atoms with E-state index in [9.17, 15) is 43.2 Å². The Morgan fingerprint density at radius 2 is 1.28 bits per heavy atom. The van der Waals surface area contributed by atoms with E-state index in [1.807, 2.05) is 0 Å². The van der Waals surface area contributed by atoms with E-state index in [0.717, 1.165) is 62.5 Å². The van der Waals surface area contributed by atoms with Crippen molar-refractivity contribution in [3.05, 3.63) is 0 Å². The summed E-state index contributed by atoms with van der Waals surface area (Å²) in [5.74, 6) is -11.4. The summed E-state index contributed by atoms with van der Waals surface area (Å²) in [5, 5.41) is 2.55. The summed E-state index contributed by atoms with van der Waals surface area (Å²) in [6, 6.07) is -0.974. The summed E-state index contributed by atoms with van der Waals surface area (Å²) in [4.78, 5) is 114. The molecule has 340 valence electrons. The Morgan fingerprint density at radius 3 is 1.77 bits per heavy atom. The van der Waals surface area contributed by atoms with Crippen LogP contribution in [0.25, 0.3) is 0 Å². The Balaban J connectivity index is 3.05. The molecule has 0 unspecified atom stereocenters. The summed E-state index contributed by atoms with van der Waals surface area (Å²) in [5.41, 5.74) is 0. The average Bonchev–Trinajstić information content (AvgIpc) is 3.09. The van der Waals surface area contributed by atoms with E-state index in [1.54, 1.807) is 0 Å². The van der Waals surface area contributed by atoms with Crippen LogP contribution in [0.2, 0.25) is 25.7 Å². The number of methoxy groups -OCH3 is 1. The van der Waals surface area contributed by atoms with Crippen molar-refractivity contribution in [3.63, 3.8) is 0 Å². The van der Waals surface area contributed by atoms with Crippen LogP contribution in [0.3, 0.4) is 0 Å². The first-order chi connectivity index (χ1) is 27.8. The van der Waals surface area contributed by atoms with Gasteiger partial charge in [-0.25, -0.2) is 4.79 Å². The van der Waals surface area contributed by atoms with Crippen molar-refractivity contribution < 1.29 is 100.0 Å². The lowest BCUT2D eigenvalue weighted by Gasteiger charge is -2.51. The Bertz CT molecular complexity index is 1580. The smallest absolute Gasteiger partial charge is 0.366 e. The molecule has 0 radical (unpaired) electrons. The highest BCUT2D eigenvalue weighted by molar-refractivity contribution is 6.76. The Morgan fingerprint density at radius 1 is 0.717 bits per heavy atom. The Hall–Kier alpha value is -4.71. The topological polar surface area (TPSA) is 276 Å². The summed E-state index contributed by atoms with van der Waals surface area (Å²) in [6.45, 7) is 13.2. The molecule has 23 heteroatoms. The van der Waals surface area contributed by atoms with Crippen LogP contribution in [0.1, 0.15) is 61.8 Å². The largest absolute Gasteiger partial charge is 0.465 e. The zero-order valence-corrected chi connectivity index (χ0v) is 36.9. The number of carbonyl (C=O) groups is 9. The maximum Gasteiger partial charge on any atom is 0.366 e. The molecule has 2 saturated heterocycles. The van der Waals surface area contributed by atoms with Crippen molar-refractivity contribution in [1.82, 2.24) is 5.32 Å². The minimum atomic E-state index is -2.87. The summed E-state index contributed by atoms with van der Waals surface area (Å²) >= 11 is 0. The highest BCUT2D eigenvalue weighted by atomic mass is 28.3. The monoisotopic (exact) mass is 879 g/mol. The van der Waals surface area contributed by atoms with Gasteiger partial charge in [-0.1, -0.05) is 19.6 Å². The molecule has 0 aliphatic carbocycles. The lowest BCUT2D eigenvalue weighted by atomic mass is 9.87. The first-order valence-electron chi connectivity index (χ1n) is 18.9. The Kier molecular flexibility index (Phi) is 19.5. The first-order valence-corrected chi connectivity index (χ1v) is 22.6. The zero-order valence-electron chi connectivity index (χ0n) is 35.9. The van der Waals surface area contributed by atoms with E-state index >= 15 is 0 Å². The van der Waals surface area contributed by atoms with Crippen LogP contribution in [0, 0.1) is 0 Å². The van der Waals surface area contributed by atoms with Gasteiger partial charge in [-0.2, -0.15) is 0 Å². The van der Waals surface area contributed by atoms with Gasteiger partial charge in [0.15, 0.2) is 30.7 Å². The van der Waals surface area contributed by atoms with Crippen LogP contribution in [0.5, 0.6) is 0 Å². The van der Waals surface area contributed by atoms with E-state index in [2.05, 4.69) is 25.0 Å². The maximum absolute atomic E-state index is 14.3. The first kappa shape index (κ1) is 51.4. The number of rotatable bonds is 19. The van der Waals surface area contributed by atoms with E-state index in [1.165, 1.54) is 0 Å². The lowest BCUT2D eigenvalue weighted by Crippen LogP contribution is -2.72. The van der Waals surface area contributed by atoms with Gasteiger partial charge in [0.1, 0.15) is 37.6 Å². The number of nitrogens with one attached hydrogen (secondary N) is 1. The minimum Gasteiger partial charge on any atom is -0.465 e. The molecular formula is C37H57NO21Si. The fraction of sp³-hybridized carbons (Fsp3) is 0.757. The molecule has 11 atom stereocenters. The summed E-state index contributed by atoms with van der Waals surface area (Å²) in [7, 11) is -0.838. The van der Waals surface area contributed by atoms with Crippen LogP contribution < -0.4 is 5.32 Å². The molecule has 1 amide bonds. The number of hydrogen-bond acceptors (Lipinski definition) is 21. The average molecular weight is 880 g/mol. The van der Waals surface area contributed by atoms with Gasteiger partial charge in [0.05, 0.1) is 19.6 Å². The lowest BCUT2D eigenvalue weighted by molar-refractivity contribution is -0.370. The predicted molar refractivity (Wildman–Crippen MR) is 201 cm³/mol. The molecule has 0 aromatic rings. The van der Waals surface area contributed by atoms with Gasteiger partial charge in [0.2, 0.25) is 5.91 Å². The number of hydrogen-bond donors (Lipinski definition) is 1. The third-order valence-electron chi connectivity index (χ3n) is 8.60. The molecule has 2 aliphatic heterocycles. The second-order valence-electron chi connectivity index (χ2n) is 15.2. The summed E-state index contributed by atoms with van der Waals surface area (Å²) < 4.78 is 68.7. The van der Waals surface area contributed by atoms with Crippen molar-refractivity contribution >= 4 is 61.7 Å². The number of carbonyl (C=O) groups excluding carboxylic acids is 9. The highest BCUT2D eigenvalue weighted by Gasteiger charge is 2.63. The number of amides is 1. The normalized spacial score (nSPS) is 27.4. The van der Waals surface area contributed by atoms with Crippen molar-refractivity contribution in [2.75, 3.05) is 26.9 Å². The van der Waals surface area contributed by atoms with E-state index in [-0.39, 0.29) is 6.61 Å². The molecule has 2 rings (SSSR count). The number of ether oxygens (including phenoxy) is 12. The molecule has 0 aromatic heterocycles. The van der Waals surface area contributed by atoms with Gasteiger partial charge in [-0.15, -0.1) is 0 Å². The summed E-state index contributed by atoms with van der Waals surface area (Å²) in [6.07, 6.45) is -16.2. The van der Waals surface area contributed by atoms with Gasteiger partial charge >= 0.3 is 47.8 Å². The molecule has 2 aliphatic rings. The van der Waals surface area contributed by atoms with E-state index in [4.69, 9.17) is 56.8 Å². The molecule has 1 N–H and O–H groups in total.